The van der Waals surface area contributed by atoms with E-state index in [9.17, 15) is 0 Å². The first-order valence-corrected chi connectivity index (χ1v) is 8.04. The molecule has 1 aromatic carbocycles. The zero-order valence-corrected chi connectivity index (χ0v) is 12.7. The zero-order valence-electron chi connectivity index (χ0n) is 11.9. The van der Waals surface area contributed by atoms with E-state index in [1.807, 2.05) is 11.3 Å². The predicted molar refractivity (Wildman–Crippen MR) is 84.8 cm³/mol. The summed E-state index contributed by atoms with van der Waals surface area (Å²) in [5.41, 5.74) is 2.91. The molecule has 1 heterocycles. The van der Waals surface area contributed by atoms with Crippen LogP contribution in [0.15, 0.2) is 41.8 Å². The van der Waals surface area contributed by atoms with Crippen LogP contribution in [0.1, 0.15) is 36.3 Å². The molecule has 2 heteroatoms. The summed E-state index contributed by atoms with van der Waals surface area (Å²) in [5.74, 6) is 0. The molecule has 0 radical (unpaired) electrons. The molecule has 0 aliphatic rings. The summed E-state index contributed by atoms with van der Waals surface area (Å²) < 4.78 is 0. The minimum atomic E-state index is 0.564. The van der Waals surface area contributed by atoms with Crippen LogP contribution in [0.3, 0.4) is 0 Å². The van der Waals surface area contributed by atoms with E-state index >= 15 is 0 Å². The molecule has 1 atom stereocenters. The van der Waals surface area contributed by atoms with Gasteiger partial charge in [0.2, 0.25) is 0 Å². The predicted octanol–water partition coefficient (Wildman–Crippen LogP) is 4.42. The molecule has 0 saturated carbocycles. The van der Waals surface area contributed by atoms with Gasteiger partial charge >= 0.3 is 0 Å². The first kappa shape index (κ1) is 14.3. The first-order chi connectivity index (χ1) is 9.33. The molecular weight excluding hydrogens is 250 g/mol. The molecule has 0 aliphatic heterocycles. The topological polar surface area (TPSA) is 12.0 Å². The van der Waals surface area contributed by atoms with Crippen molar-refractivity contribution in [3.63, 3.8) is 0 Å². The molecule has 0 saturated heterocycles. The summed E-state index contributed by atoms with van der Waals surface area (Å²) in [6.07, 6.45) is 3.42. The van der Waals surface area contributed by atoms with Gasteiger partial charge in [-0.3, -0.25) is 0 Å². The highest BCUT2D eigenvalue weighted by atomic mass is 32.1. The van der Waals surface area contributed by atoms with Crippen molar-refractivity contribution >= 4 is 11.3 Å². The lowest BCUT2D eigenvalue weighted by Crippen LogP contribution is -2.30. The SMILES string of the molecule is CCc1ccsc1CNC(CC)Cc1ccccc1. The van der Waals surface area contributed by atoms with Gasteiger partial charge in [-0.2, -0.15) is 0 Å². The second-order valence-corrected chi connectivity index (χ2v) is 5.90. The van der Waals surface area contributed by atoms with Crippen LogP contribution in [0.4, 0.5) is 0 Å². The highest BCUT2D eigenvalue weighted by Gasteiger charge is 2.08. The quantitative estimate of drug-likeness (QED) is 0.787. The molecule has 1 N–H and O–H groups in total. The third-order valence-corrected chi connectivity index (χ3v) is 4.55. The fourth-order valence-corrected chi connectivity index (χ4v) is 3.26. The van der Waals surface area contributed by atoms with E-state index in [1.54, 1.807) is 0 Å². The first-order valence-electron chi connectivity index (χ1n) is 7.16. The molecular formula is C17H23NS. The Labute approximate surface area is 120 Å². The molecule has 0 bridgehead atoms. The van der Waals surface area contributed by atoms with Gasteiger partial charge in [-0.1, -0.05) is 44.2 Å². The lowest BCUT2D eigenvalue weighted by Gasteiger charge is -2.17. The molecule has 1 unspecified atom stereocenters. The monoisotopic (exact) mass is 273 g/mol. The number of aryl methyl sites for hydroxylation is 1. The standard InChI is InChI=1S/C17H23NS/c1-3-15-10-11-19-17(15)13-18-16(4-2)12-14-8-6-5-7-9-14/h5-11,16,18H,3-4,12-13H2,1-2H3. The molecule has 0 spiro atoms. The maximum absolute atomic E-state index is 3.71. The minimum Gasteiger partial charge on any atom is -0.309 e. The van der Waals surface area contributed by atoms with E-state index in [0.717, 1.165) is 19.4 Å². The van der Waals surface area contributed by atoms with Crippen molar-refractivity contribution < 1.29 is 0 Å². The van der Waals surface area contributed by atoms with Gasteiger partial charge in [0.25, 0.3) is 0 Å². The average molecular weight is 273 g/mol. The van der Waals surface area contributed by atoms with Gasteiger partial charge in [0, 0.05) is 17.5 Å². The van der Waals surface area contributed by atoms with Crippen LogP contribution < -0.4 is 5.32 Å². The number of benzene rings is 1. The Bertz CT molecular complexity index is 475. The van der Waals surface area contributed by atoms with E-state index in [2.05, 4.69) is 60.9 Å². The molecule has 19 heavy (non-hydrogen) atoms. The lowest BCUT2D eigenvalue weighted by atomic mass is 10.0. The Morgan fingerprint density at radius 1 is 1.11 bits per heavy atom. The Balaban J connectivity index is 1.89. The van der Waals surface area contributed by atoms with Crippen LogP contribution >= 0.6 is 11.3 Å². The summed E-state index contributed by atoms with van der Waals surface area (Å²) in [6, 6.07) is 13.6. The molecule has 1 aromatic heterocycles. The van der Waals surface area contributed by atoms with E-state index in [-0.39, 0.29) is 0 Å². The number of hydrogen-bond acceptors (Lipinski definition) is 2. The molecule has 0 amide bonds. The lowest BCUT2D eigenvalue weighted by molar-refractivity contribution is 0.496. The van der Waals surface area contributed by atoms with Crippen LogP contribution in [-0.4, -0.2) is 6.04 Å². The van der Waals surface area contributed by atoms with Gasteiger partial charge in [0.15, 0.2) is 0 Å². The van der Waals surface area contributed by atoms with Crippen LogP contribution in [0, 0.1) is 0 Å². The number of thiophene rings is 1. The van der Waals surface area contributed by atoms with Crippen molar-refractivity contribution in [1.29, 1.82) is 0 Å². The molecule has 102 valence electrons. The maximum atomic E-state index is 3.71. The molecule has 2 rings (SSSR count). The summed E-state index contributed by atoms with van der Waals surface area (Å²) in [6.45, 7) is 5.49. The van der Waals surface area contributed by atoms with Crippen molar-refractivity contribution in [1.82, 2.24) is 5.32 Å². The fourth-order valence-electron chi connectivity index (χ4n) is 2.33. The van der Waals surface area contributed by atoms with Crippen molar-refractivity contribution in [3.05, 3.63) is 57.8 Å². The molecule has 0 fully saturated rings. The van der Waals surface area contributed by atoms with Gasteiger partial charge in [0.1, 0.15) is 0 Å². The van der Waals surface area contributed by atoms with Crippen LogP contribution in [0.25, 0.3) is 0 Å². The summed E-state index contributed by atoms with van der Waals surface area (Å²) in [5, 5.41) is 5.91. The van der Waals surface area contributed by atoms with Gasteiger partial charge in [-0.15, -0.1) is 11.3 Å². The highest BCUT2D eigenvalue weighted by Crippen LogP contribution is 2.17. The Hall–Kier alpha value is -1.12. The molecule has 0 aliphatic carbocycles. The Kier molecular flexibility index (Phi) is 5.62. The van der Waals surface area contributed by atoms with Crippen LogP contribution in [0.5, 0.6) is 0 Å². The van der Waals surface area contributed by atoms with E-state index in [1.165, 1.54) is 22.4 Å². The van der Waals surface area contributed by atoms with Gasteiger partial charge in [-0.25, -0.2) is 0 Å². The van der Waals surface area contributed by atoms with Crippen molar-refractivity contribution in [2.45, 2.75) is 45.7 Å². The summed E-state index contributed by atoms with van der Waals surface area (Å²) in [4.78, 5) is 1.49. The minimum absolute atomic E-state index is 0.564. The average Bonchev–Trinajstić information content (AvgIpc) is 2.92. The number of rotatable bonds is 7. The second-order valence-electron chi connectivity index (χ2n) is 4.90. The van der Waals surface area contributed by atoms with Gasteiger partial charge < -0.3 is 5.32 Å². The maximum Gasteiger partial charge on any atom is 0.0305 e. The number of hydrogen-bond donors (Lipinski definition) is 1. The van der Waals surface area contributed by atoms with Crippen LogP contribution in [-0.2, 0) is 19.4 Å². The Morgan fingerprint density at radius 2 is 1.89 bits per heavy atom. The normalized spacial score (nSPS) is 12.5. The van der Waals surface area contributed by atoms with Crippen LogP contribution in [0.2, 0.25) is 0 Å². The summed E-state index contributed by atoms with van der Waals surface area (Å²) in [7, 11) is 0. The van der Waals surface area contributed by atoms with Crippen molar-refractivity contribution in [2.24, 2.45) is 0 Å². The van der Waals surface area contributed by atoms with Crippen molar-refractivity contribution in [3.8, 4) is 0 Å². The molecule has 2 aromatic rings. The summed E-state index contributed by atoms with van der Waals surface area (Å²) >= 11 is 1.87. The third kappa shape index (κ3) is 4.19. The Morgan fingerprint density at radius 3 is 2.58 bits per heavy atom. The van der Waals surface area contributed by atoms with Crippen molar-refractivity contribution in [2.75, 3.05) is 0 Å². The van der Waals surface area contributed by atoms with E-state index in [0.29, 0.717) is 6.04 Å². The number of nitrogens with one attached hydrogen (secondary N) is 1. The smallest absolute Gasteiger partial charge is 0.0305 e. The second kappa shape index (κ2) is 7.46. The van der Waals surface area contributed by atoms with Gasteiger partial charge in [0.05, 0.1) is 0 Å². The fraction of sp³-hybridized carbons (Fsp3) is 0.412. The largest absolute Gasteiger partial charge is 0.309 e. The third-order valence-electron chi connectivity index (χ3n) is 3.59. The molecule has 1 nitrogen and oxygen atoms in total. The van der Waals surface area contributed by atoms with Gasteiger partial charge in [-0.05, 0) is 41.8 Å². The highest BCUT2D eigenvalue weighted by molar-refractivity contribution is 7.10. The zero-order chi connectivity index (χ0) is 13.5. The van der Waals surface area contributed by atoms with E-state index in [4.69, 9.17) is 0 Å². The van der Waals surface area contributed by atoms with E-state index < -0.39 is 0 Å².